The summed E-state index contributed by atoms with van der Waals surface area (Å²) in [6.45, 7) is 4.47. The molecule has 1 fully saturated rings. The quantitative estimate of drug-likeness (QED) is 0.750. The summed E-state index contributed by atoms with van der Waals surface area (Å²) in [4.78, 5) is 2.57. The monoisotopic (exact) mass is 323 g/mol. The minimum atomic E-state index is 0.421. The van der Waals surface area contributed by atoms with Crippen LogP contribution >= 0.6 is 11.8 Å². The molecule has 0 radical (unpaired) electrons. The molecule has 1 N–H and O–H groups in total. The molecule has 0 amide bonds. The number of fused-ring (bicyclic) bond motifs is 1. The van der Waals surface area contributed by atoms with Crippen LogP contribution in [0, 0.1) is 6.92 Å². The molecule has 2 heterocycles. The maximum absolute atomic E-state index is 4.15. The molecular formula is C19H21N3S. The van der Waals surface area contributed by atoms with E-state index in [4.69, 9.17) is 0 Å². The predicted octanol–water partition coefficient (Wildman–Crippen LogP) is 4.55. The van der Waals surface area contributed by atoms with Gasteiger partial charge in [-0.2, -0.15) is 16.9 Å². The topological polar surface area (TPSA) is 31.9 Å². The fourth-order valence-electron chi connectivity index (χ4n) is 3.38. The van der Waals surface area contributed by atoms with E-state index in [1.807, 2.05) is 6.20 Å². The highest BCUT2D eigenvalue weighted by atomic mass is 32.2. The van der Waals surface area contributed by atoms with Crippen LogP contribution < -0.4 is 4.90 Å². The lowest BCUT2D eigenvalue weighted by Gasteiger charge is -2.42. The molecule has 2 atom stereocenters. The van der Waals surface area contributed by atoms with Gasteiger partial charge in [0.05, 0.1) is 17.8 Å². The zero-order valence-electron chi connectivity index (χ0n) is 13.5. The van der Waals surface area contributed by atoms with Crippen molar-refractivity contribution in [2.45, 2.75) is 25.9 Å². The van der Waals surface area contributed by atoms with Gasteiger partial charge in [-0.15, -0.1) is 0 Å². The van der Waals surface area contributed by atoms with Crippen LogP contribution in [0.15, 0.2) is 48.7 Å². The van der Waals surface area contributed by atoms with Crippen molar-refractivity contribution in [2.24, 2.45) is 0 Å². The largest absolute Gasteiger partial charge is 0.360 e. The van der Waals surface area contributed by atoms with Crippen LogP contribution in [0.4, 0.5) is 5.69 Å². The summed E-state index contributed by atoms with van der Waals surface area (Å²) in [6.07, 6.45) is 1.88. The van der Waals surface area contributed by atoms with Gasteiger partial charge in [-0.25, -0.2) is 0 Å². The molecule has 1 saturated heterocycles. The number of nitrogens with one attached hydrogen (secondary N) is 1. The van der Waals surface area contributed by atoms with E-state index in [0.717, 1.165) is 11.3 Å². The maximum atomic E-state index is 4.15. The predicted molar refractivity (Wildman–Crippen MR) is 99.3 cm³/mol. The first-order valence-corrected chi connectivity index (χ1v) is 9.23. The van der Waals surface area contributed by atoms with Crippen molar-refractivity contribution in [3.05, 3.63) is 59.8 Å². The molecule has 3 nitrogen and oxygen atoms in total. The van der Waals surface area contributed by atoms with Crippen LogP contribution in [0.25, 0.3) is 10.9 Å². The summed E-state index contributed by atoms with van der Waals surface area (Å²) in [5.41, 5.74) is 5.10. The highest BCUT2D eigenvalue weighted by molar-refractivity contribution is 7.99. The molecular weight excluding hydrogens is 302 g/mol. The molecule has 23 heavy (non-hydrogen) atoms. The number of hydrogen-bond donors (Lipinski definition) is 1. The van der Waals surface area contributed by atoms with E-state index in [2.05, 4.69) is 83.2 Å². The number of thioether (sulfide) groups is 1. The van der Waals surface area contributed by atoms with E-state index in [1.54, 1.807) is 0 Å². The molecule has 1 aliphatic rings. The summed E-state index contributed by atoms with van der Waals surface area (Å²) in [7, 11) is 0. The maximum Gasteiger partial charge on any atom is 0.0670 e. The Labute approximate surface area is 141 Å². The Bertz CT molecular complexity index is 809. The van der Waals surface area contributed by atoms with E-state index >= 15 is 0 Å². The number of H-pyrrole nitrogens is 1. The molecule has 118 valence electrons. The highest BCUT2D eigenvalue weighted by Gasteiger charge is 2.29. The third-order valence-electron chi connectivity index (χ3n) is 4.63. The van der Waals surface area contributed by atoms with E-state index in [-0.39, 0.29) is 0 Å². The minimum Gasteiger partial charge on any atom is -0.360 e. The lowest BCUT2D eigenvalue weighted by molar-refractivity contribution is 0.593. The molecule has 1 aliphatic heterocycles. The fraction of sp³-hybridized carbons (Fsp3) is 0.316. The summed E-state index contributed by atoms with van der Waals surface area (Å²) in [5.74, 6) is 2.30. The van der Waals surface area contributed by atoms with Gasteiger partial charge in [0.25, 0.3) is 0 Å². The van der Waals surface area contributed by atoms with Crippen molar-refractivity contribution >= 4 is 28.4 Å². The molecule has 0 saturated carbocycles. The highest BCUT2D eigenvalue weighted by Crippen LogP contribution is 2.37. The Kier molecular flexibility index (Phi) is 3.77. The molecule has 2 aromatic carbocycles. The van der Waals surface area contributed by atoms with Crippen LogP contribution in [-0.4, -0.2) is 27.7 Å². The van der Waals surface area contributed by atoms with Crippen molar-refractivity contribution < 1.29 is 0 Å². The Morgan fingerprint density at radius 3 is 2.78 bits per heavy atom. The summed E-state index contributed by atoms with van der Waals surface area (Å²) < 4.78 is 0. The normalized spacial score (nSPS) is 21.7. The van der Waals surface area contributed by atoms with Gasteiger partial charge in [0.15, 0.2) is 0 Å². The number of rotatable bonds is 2. The van der Waals surface area contributed by atoms with E-state index in [1.165, 1.54) is 28.0 Å². The minimum absolute atomic E-state index is 0.421. The molecule has 4 rings (SSSR count). The average molecular weight is 323 g/mol. The van der Waals surface area contributed by atoms with Crippen LogP contribution in [0.3, 0.4) is 0 Å². The Balaban J connectivity index is 1.75. The fourth-order valence-corrected chi connectivity index (χ4v) is 4.60. The first kappa shape index (κ1) is 14.6. The van der Waals surface area contributed by atoms with Crippen molar-refractivity contribution in [2.75, 3.05) is 16.4 Å². The Morgan fingerprint density at radius 2 is 1.96 bits per heavy atom. The van der Waals surface area contributed by atoms with Crippen molar-refractivity contribution in [3.63, 3.8) is 0 Å². The van der Waals surface area contributed by atoms with Gasteiger partial charge in [0, 0.05) is 28.6 Å². The molecule has 1 aromatic heterocycles. The summed E-state index contributed by atoms with van der Waals surface area (Å²) in [5, 5.41) is 8.41. The molecule has 0 bridgehead atoms. The smallest absolute Gasteiger partial charge is 0.0670 e. The van der Waals surface area contributed by atoms with Crippen molar-refractivity contribution in [1.82, 2.24) is 10.2 Å². The van der Waals surface area contributed by atoms with Gasteiger partial charge >= 0.3 is 0 Å². The third kappa shape index (κ3) is 2.72. The van der Waals surface area contributed by atoms with Crippen LogP contribution in [-0.2, 0) is 0 Å². The van der Waals surface area contributed by atoms with Gasteiger partial charge in [-0.3, -0.25) is 5.10 Å². The Hall–Kier alpha value is -1.94. The SMILES string of the molecule is Cc1ccc(C2CSCC(C)N2c2ccc3cn[nH]c3c2)cc1. The summed E-state index contributed by atoms with van der Waals surface area (Å²) in [6, 6.07) is 16.5. The zero-order valence-corrected chi connectivity index (χ0v) is 14.3. The molecule has 3 aromatic rings. The number of aromatic nitrogens is 2. The zero-order chi connectivity index (χ0) is 15.8. The Morgan fingerprint density at radius 1 is 1.13 bits per heavy atom. The molecule has 0 spiro atoms. The molecule has 4 heteroatoms. The first-order chi connectivity index (χ1) is 11.2. The van der Waals surface area contributed by atoms with E-state index < -0.39 is 0 Å². The van der Waals surface area contributed by atoms with Crippen LogP contribution in [0.2, 0.25) is 0 Å². The number of aromatic amines is 1. The van der Waals surface area contributed by atoms with Crippen molar-refractivity contribution in [3.8, 4) is 0 Å². The van der Waals surface area contributed by atoms with Crippen LogP contribution in [0.1, 0.15) is 24.1 Å². The van der Waals surface area contributed by atoms with E-state index in [0.29, 0.717) is 12.1 Å². The van der Waals surface area contributed by atoms with Crippen molar-refractivity contribution in [1.29, 1.82) is 0 Å². The number of anilines is 1. The van der Waals surface area contributed by atoms with Gasteiger partial charge in [0.1, 0.15) is 0 Å². The second-order valence-electron chi connectivity index (χ2n) is 6.36. The molecule has 0 aliphatic carbocycles. The molecule has 2 unspecified atom stereocenters. The van der Waals surface area contributed by atoms with E-state index in [9.17, 15) is 0 Å². The lowest BCUT2D eigenvalue weighted by Crippen LogP contribution is -2.43. The first-order valence-electron chi connectivity index (χ1n) is 8.08. The number of nitrogens with zero attached hydrogens (tertiary/aromatic N) is 2. The summed E-state index contributed by atoms with van der Waals surface area (Å²) >= 11 is 2.05. The lowest BCUT2D eigenvalue weighted by atomic mass is 10.0. The average Bonchev–Trinajstić information content (AvgIpc) is 3.03. The second-order valence-corrected chi connectivity index (χ2v) is 7.44. The number of aryl methyl sites for hydroxylation is 1. The van der Waals surface area contributed by atoms with Crippen LogP contribution in [0.5, 0.6) is 0 Å². The van der Waals surface area contributed by atoms with Gasteiger partial charge in [0.2, 0.25) is 0 Å². The second kappa shape index (κ2) is 5.93. The number of hydrogen-bond acceptors (Lipinski definition) is 3. The number of benzene rings is 2. The standard InChI is InChI=1S/C19H21N3S/c1-13-3-5-15(6-4-13)19-12-23-11-14(2)22(19)17-8-7-16-10-20-21-18(16)9-17/h3-10,14,19H,11-12H2,1-2H3,(H,20,21). The third-order valence-corrected chi connectivity index (χ3v) is 5.90. The van der Waals surface area contributed by atoms with Gasteiger partial charge < -0.3 is 4.90 Å². The van der Waals surface area contributed by atoms with Gasteiger partial charge in [-0.05, 0) is 37.6 Å². The van der Waals surface area contributed by atoms with Gasteiger partial charge in [-0.1, -0.05) is 29.8 Å².